The summed E-state index contributed by atoms with van der Waals surface area (Å²) in [5, 5.41) is 18.7. The summed E-state index contributed by atoms with van der Waals surface area (Å²) < 4.78 is 39.2. The highest BCUT2D eigenvalue weighted by Gasteiger charge is 2.39. The number of aromatic carboxylic acids is 1. The lowest BCUT2D eigenvalue weighted by Crippen LogP contribution is -2.46. The van der Waals surface area contributed by atoms with Crippen molar-refractivity contribution >= 4 is 24.2 Å². The number of halogens is 3. The van der Waals surface area contributed by atoms with Crippen LogP contribution < -0.4 is 10.9 Å². The zero-order valence-electron chi connectivity index (χ0n) is 14.9. The van der Waals surface area contributed by atoms with E-state index in [1.807, 2.05) is 6.92 Å². The Labute approximate surface area is 157 Å². The molecule has 0 saturated carbocycles. The summed E-state index contributed by atoms with van der Waals surface area (Å²) in [7, 11) is 0. The van der Waals surface area contributed by atoms with Gasteiger partial charge in [0.1, 0.15) is 5.56 Å². The van der Waals surface area contributed by atoms with Crippen LogP contribution in [0.25, 0.3) is 0 Å². The van der Waals surface area contributed by atoms with Gasteiger partial charge in [-0.15, -0.1) is 0 Å². The van der Waals surface area contributed by atoms with E-state index in [0.29, 0.717) is 12.6 Å². The van der Waals surface area contributed by atoms with Crippen molar-refractivity contribution < 1.29 is 37.9 Å². The summed E-state index contributed by atoms with van der Waals surface area (Å²) in [5.74, 6) is 0.836. The van der Waals surface area contributed by atoms with Crippen LogP contribution in [0.3, 0.4) is 0 Å². The van der Waals surface area contributed by atoms with Gasteiger partial charge < -0.3 is 5.11 Å². The number of carboxylic acids is 1. The summed E-state index contributed by atoms with van der Waals surface area (Å²) in [5.41, 5.74) is -2.95. The smallest absolute Gasteiger partial charge is 0.434 e. The molecule has 4 N–H and O–H groups in total. The average Bonchev–Trinajstić information content (AvgIpc) is 2.64. The Hall–Kier alpha value is -2.80. The van der Waals surface area contributed by atoms with Gasteiger partial charge in [0.2, 0.25) is 18.3 Å². The SMILES string of the molecule is CCCCC[C@H](CN(O)C=O)C(=O)N(N)c1ncc(C(=O)O)c(C(F)(F)F)n1. The fourth-order valence-corrected chi connectivity index (χ4v) is 2.36. The second-order valence-corrected chi connectivity index (χ2v) is 5.86. The van der Waals surface area contributed by atoms with Gasteiger partial charge in [0, 0.05) is 6.20 Å². The molecule has 1 aromatic rings. The van der Waals surface area contributed by atoms with E-state index in [1.165, 1.54) is 0 Å². The Morgan fingerprint density at radius 3 is 2.50 bits per heavy atom. The Morgan fingerprint density at radius 2 is 2.00 bits per heavy atom. The molecule has 0 spiro atoms. The van der Waals surface area contributed by atoms with Gasteiger partial charge in [0.25, 0.3) is 0 Å². The standard InChI is InChI=1S/C15H20F3N5O5/c1-2-3-4-5-9(7-22(28)8-24)12(25)23(19)14-20-6-10(13(26)27)11(21-14)15(16,17)18/h6,8-9,28H,2-5,7,19H2,1H3,(H,26,27)/t9-/m1/s1. The molecule has 10 nitrogen and oxygen atoms in total. The highest BCUT2D eigenvalue weighted by molar-refractivity contribution is 5.93. The minimum Gasteiger partial charge on any atom is -0.478 e. The minimum atomic E-state index is -5.12. The number of carbonyl (C=O) groups is 3. The van der Waals surface area contributed by atoms with Crippen LogP contribution >= 0.6 is 0 Å². The fourth-order valence-electron chi connectivity index (χ4n) is 2.36. The molecule has 0 aliphatic rings. The summed E-state index contributed by atoms with van der Waals surface area (Å²) in [6.45, 7) is 1.48. The number of alkyl halides is 3. The predicted octanol–water partition coefficient (Wildman–Crippen LogP) is 1.44. The van der Waals surface area contributed by atoms with Gasteiger partial charge in [-0.25, -0.2) is 30.7 Å². The molecule has 0 bridgehead atoms. The number of nitrogens with two attached hydrogens (primary N) is 1. The molecule has 0 radical (unpaired) electrons. The highest BCUT2D eigenvalue weighted by Crippen LogP contribution is 2.31. The molecule has 1 atom stereocenters. The zero-order valence-corrected chi connectivity index (χ0v) is 14.9. The number of hydroxylamine groups is 2. The third kappa shape index (κ3) is 6.13. The number of anilines is 1. The Kier molecular flexibility index (Phi) is 8.25. The largest absolute Gasteiger partial charge is 0.478 e. The van der Waals surface area contributed by atoms with E-state index in [2.05, 4.69) is 9.97 Å². The maximum atomic E-state index is 13.1. The number of carbonyl (C=O) groups excluding carboxylic acids is 2. The molecule has 0 unspecified atom stereocenters. The molecular formula is C15H20F3N5O5. The third-order valence-electron chi connectivity index (χ3n) is 3.76. The molecule has 0 aliphatic heterocycles. The fraction of sp³-hybridized carbons (Fsp3) is 0.533. The molecule has 2 amide bonds. The molecule has 0 aliphatic carbocycles. The molecule has 0 aromatic carbocycles. The molecule has 1 aromatic heterocycles. The van der Waals surface area contributed by atoms with Crippen LogP contribution in [-0.4, -0.2) is 50.2 Å². The normalized spacial score (nSPS) is 12.4. The number of nitrogens with zero attached hydrogens (tertiary/aromatic N) is 4. The summed E-state index contributed by atoms with van der Waals surface area (Å²) in [4.78, 5) is 40.6. The van der Waals surface area contributed by atoms with Gasteiger partial charge in [-0.3, -0.25) is 14.8 Å². The van der Waals surface area contributed by atoms with Crippen LogP contribution in [-0.2, 0) is 15.8 Å². The van der Waals surface area contributed by atoms with Crippen LogP contribution in [0.15, 0.2) is 6.20 Å². The predicted molar refractivity (Wildman–Crippen MR) is 87.9 cm³/mol. The van der Waals surface area contributed by atoms with Crippen LogP contribution in [0.1, 0.15) is 48.7 Å². The molecule has 0 saturated heterocycles. The second kappa shape index (κ2) is 9.94. The van der Waals surface area contributed by atoms with Crippen LogP contribution in [0.5, 0.6) is 0 Å². The number of unbranched alkanes of at least 4 members (excludes halogenated alkanes) is 2. The quantitative estimate of drug-likeness (QED) is 0.132. The van der Waals surface area contributed by atoms with Gasteiger partial charge in [-0.05, 0) is 6.42 Å². The van der Waals surface area contributed by atoms with E-state index >= 15 is 0 Å². The van der Waals surface area contributed by atoms with E-state index in [0.717, 1.165) is 12.8 Å². The number of carboxylic acid groups (broad SMARTS) is 1. The van der Waals surface area contributed by atoms with Gasteiger partial charge >= 0.3 is 12.1 Å². The maximum Gasteiger partial charge on any atom is 0.434 e. The van der Waals surface area contributed by atoms with E-state index in [9.17, 15) is 32.8 Å². The number of aromatic nitrogens is 2. The van der Waals surface area contributed by atoms with Gasteiger partial charge in [0.15, 0.2) is 5.69 Å². The van der Waals surface area contributed by atoms with Crippen LogP contribution in [0, 0.1) is 5.92 Å². The third-order valence-corrected chi connectivity index (χ3v) is 3.76. The number of amides is 2. The highest BCUT2D eigenvalue weighted by atomic mass is 19.4. The Bertz CT molecular complexity index is 716. The Morgan fingerprint density at radius 1 is 1.36 bits per heavy atom. The minimum absolute atomic E-state index is 0.0703. The molecular weight excluding hydrogens is 387 g/mol. The first-order valence-electron chi connectivity index (χ1n) is 8.19. The lowest BCUT2D eigenvalue weighted by atomic mass is 10.00. The topological polar surface area (TPSA) is 150 Å². The Balaban J connectivity index is 3.17. The summed E-state index contributed by atoms with van der Waals surface area (Å²) in [6.07, 6.45) is -2.35. The monoisotopic (exact) mass is 407 g/mol. The average molecular weight is 407 g/mol. The first-order valence-corrected chi connectivity index (χ1v) is 8.19. The first-order chi connectivity index (χ1) is 13.0. The van der Waals surface area contributed by atoms with Gasteiger partial charge in [0.05, 0.1) is 12.5 Å². The van der Waals surface area contributed by atoms with E-state index < -0.39 is 47.7 Å². The van der Waals surface area contributed by atoms with Crippen molar-refractivity contribution in [2.24, 2.45) is 11.8 Å². The maximum absolute atomic E-state index is 13.1. The van der Waals surface area contributed by atoms with E-state index in [1.54, 1.807) is 0 Å². The summed E-state index contributed by atoms with van der Waals surface area (Å²) in [6, 6.07) is 0. The van der Waals surface area contributed by atoms with Crippen molar-refractivity contribution in [1.29, 1.82) is 0 Å². The van der Waals surface area contributed by atoms with E-state index in [4.69, 9.17) is 10.9 Å². The molecule has 1 heterocycles. The van der Waals surface area contributed by atoms with Crippen LogP contribution in [0.2, 0.25) is 0 Å². The first kappa shape index (κ1) is 23.2. The molecule has 28 heavy (non-hydrogen) atoms. The zero-order chi connectivity index (χ0) is 21.5. The number of hydrogen-bond acceptors (Lipinski definition) is 7. The number of rotatable bonds is 10. The lowest BCUT2D eigenvalue weighted by Gasteiger charge is -2.24. The molecule has 0 fully saturated rings. The lowest BCUT2D eigenvalue weighted by molar-refractivity contribution is -0.154. The van der Waals surface area contributed by atoms with E-state index in [-0.39, 0.29) is 22.9 Å². The van der Waals surface area contributed by atoms with Crippen molar-refractivity contribution in [2.75, 3.05) is 11.6 Å². The van der Waals surface area contributed by atoms with Crippen molar-refractivity contribution in [2.45, 2.75) is 38.8 Å². The second-order valence-electron chi connectivity index (χ2n) is 5.86. The van der Waals surface area contributed by atoms with Gasteiger partial charge in [-0.2, -0.15) is 13.2 Å². The van der Waals surface area contributed by atoms with Crippen molar-refractivity contribution in [3.63, 3.8) is 0 Å². The van der Waals surface area contributed by atoms with Crippen molar-refractivity contribution in [3.05, 3.63) is 17.5 Å². The number of hydrazine groups is 1. The molecule has 156 valence electrons. The van der Waals surface area contributed by atoms with Crippen molar-refractivity contribution in [3.8, 4) is 0 Å². The molecule has 1 rings (SSSR count). The summed E-state index contributed by atoms with van der Waals surface area (Å²) >= 11 is 0. The molecule has 13 heteroatoms. The number of hydrogen-bond donors (Lipinski definition) is 3. The van der Waals surface area contributed by atoms with Crippen molar-refractivity contribution in [1.82, 2.24) is 15.0 Å². The van der Waals surface area contributed by atoms with Crippen LogP contribution in [0.4, 0.5) is 19.1 Å². The van der Waals surface area contributed by atoms with Gasteiger partial charge in [-0.1, -0.05) is 26.2 Å².